The number of nitrogen functional groups attached to an aromatic ring is 1. The maximum atomic E-state index is 11.1. The monoisotopic (exact) mass is 269 g/mol. The Balaban J connectivity index is 3.37. The Morgan fingerprint density at radius 1 is 1.47 bits per heavy atom. The highest BCUT2D eigenvalue weighted by atomic mass is 16.6. The van der Waals surface area contributed by atoms with E-state index < -0.39 is 11.2 Å². The molecular formula is C12H19N3O4. The summed E-state index contributed by atoms with van der Waals surface area (Å²) < 4.78 is 0. The first-order chi connectivity index (χ1) is 8.88. The van der Waals surface area contributed by atoms with E-state index in [0.717, 1.165) is 0 Å². The lowest BCUT2D eigenvalue weighted by Gasteiger charge is -2.19. The van der Waals surface area contributed by atoms with Crippen molar-refractivity contribution < 1.29 is 15.1 Å². The van der Waals surface area contributed by atoms with Gasteiger partial charge in [-0.1, -0.05) is 13.0 Å². The van der Waals surface area contributed by atoms with Gasteiger partial charge in [-0.2, -0.15) is 0 Å². The molecule has 106 valence electrons. The topological polar surface area (TPSA) is 122 Å². The molecule has 0 bridgehead atoms. The predicted molar refractivity (Wildman–Crippen MR) is 72.9 cm³/mol. The van der Waals surface area contributed by atoms with Crippen LogP contribution in [0.5, 0.6) is 0 Å². The Labute approximate surface area is 111 Å². The molecule has 1 aromatic carbocycles. The average molecular weight is 269 g/mol. The summed E-state index contributed by atoms with van der Waals surface area (Å²) in [5.41, 5.74) is 6.27. The lowest BCUT2D eigenvalue weighted by molar-refractivity contribution is -0.383. The normalized spacial score (nSPS) is 13.9. The molecular weight excluding hydrogens is 250 g/mol. The smallest absolute Gasteiger partial charge is 0.315 e. The van der Waals surface area contributed by atoms with Crippen LogP contribution in [-0.2, 0) is 0 Å². The van der Waals surface area contributed by atoms with Gasteiger partial charge in [-0.15, -0.1) is 0 Å². The highest BCUT2D eigenvalue weighted by Crippen LogP contribution is 2.38. The van der Waals surface area contributed by atoms with Gasteiger partial charge in [0.05, 0.1) is 4.92 Å². The van der Waals surface area contributed by atoms with E-state index in [9.17, 15) is 15.2 Å². The number of rotatable bonds is 6. The van der Waals surface area contributed by atoms with Crippen molar-refractivity contribution in [3.8, 4) is 0 Å². The number of aliphatic hydroxyl groups is 2. The average Bonchev–Trinajstić information content (AvgIpc) is 2.27. The van der Waals surface area contributed by atoms with Crippen molar-refractivity contribution in [1.29, 1.82) is 0 Å². The molecule has 1 aromatic rings. The maximum Gasteiger partial charge on any atom is 0.315 e. The minimum Gasteiger partial charge on any atom is -0.396 e. The predicted octanol–water partition coefficient (Wildman–Crippen LogP) is 1.41. The fraction of sp³-hybridized carbons (Fsp3) is 0.500. The zero-order valence-electron chi connectivity index (χ0n) is 11.0. The number of nitrogens with two attached hydrogens (primary N) is 1. The summed E-state index contributed by atoms with van der Waals surface area (Å²) in [5, 5.41) is 32.2. The molecule has 0 heterocycles. The van der Waals surface area contributed by atoms with Crippen molar-refractivity contribution in [1.82, 2.24) is 0 Å². The second kappa shape index (κ2) is 6.35. The van der Waals surface area contributed by atoms with Crippen LogP contribution in [0.2, 0.25) is 0 Å². The molecule has 0 radical (unpaired) electrons. The highest BCUT2D eigenvalue weighted by Gasteiger charge is 2.24. The third kappa shape index (κ3) is 3.55. The van der Waals surface area contributed by atoms with E-state index in [4.69, 9.17) is 10.8 Å². The number of anilines is 2. The number of aliphatic hydroxyl groups excluding tert-OH is 2. The van der Waals surface area contributed by atoms with E-state index in [2.05, 4.69) is 5.32 Å². The van der Waals surface area contributed by atoms with Gasteiger partial charge in [0.1, 0.15) is 17.6 Å². The molecule has 1 rings (SSSR count). The van der Waals surface area contributed by atoms with Crippen LogP contribution in [0.4, 0.5) is 17.1 Å². The third-order valence-electron chi connectivity index (χ3n) is 2.87. The molecule has 0 saturated carbocycles. The molecule has 0 aliphatic heterocycles. The van der Waals surface area contributed by atoms with E-state index >= 15 is 0 Å². The maximum absolute atomic E-state index is 11.1. The highest BCUT2D eigenvalue weighted by molar-refractivity contribution is 5.78. The number of hydrogen-bond acceptors (Lipinski definition) is 6. The van der Waals surface area contributed by atoms with Gasteiger partial charge in [-0.3, -0.25) is 10.1 Å². The van der Waals surface area contributed by atoms with Gasteiger partial charge in [-0.05, 0) is 30.9 Å². The van der Waals surface area contributed by atoms with Gasteiger partial charge < -0.3 is 21.3 Å². The quantitative estimate of drug-likeness (QED) is 0.268. The number of hydrogen-bond donors (Lipinski definition) is 4. The van der Waals surface area contributed by atoms with Gasteiger partial charge >= 0.3 is 5.69 Å². The van der Waals surface area contributed by atoms with Crippen molar-refractivity contribution in [2.75, 3.05) is 17.7 Å². The molecule has 0 aromatic heterocycles. The minimum absolute atomic E-state index is 0.0204. The zero-order valence-corrected chi connectivity index (χ0v) is 11.0. The fourth-order valence-corrected chi connectivity index (χ4v) is 1.94. The molecule has 0 saturated heterocycles. The molecule has 0 aliphatic carbocycles. The summed E-state index contributed by atoms with van der Waals surface area (Å²) in [5.74, 6) is -0.0921. The lowest BCUT2D eigenvalue weighted by Crippen LogP contribution is -2.17. The standard InChI is InChI=1S/C12H19N3O4/c1-7(5-6-16)9-3-4-10(13)12(15(18)19)11(9)14-8(2)17/h3-4,7-8,14,16-17H,5-6,13H2,1-2H3. The van der Waals surface area contributed by atoms with Crippen LogP contribution in [0.25, 0.3) is 0 Å². The number of nitrogens with one attached hydrogen (secondary N) is 1. The Morgan fingerprint density at radius 2 is 2.11 bits per heavy atom. The number of benzene rings is 1. The molecule has 2 atom stereocenters. The third-order valence-corrected chi connectivity index (χ3v) is 2.87. The molecule has 0 aliphatic rings. The molecule has 5 N–H and O–H groups in total. The molecule has 19 heavy (non-hydrogen) atoms. The van der Waals surface area contributed by atoms with E-state index in [0.29, 0.717) is 12.0 Å². The fourth-order valence-electron chi connectivity index (χ4n) is 1.94. The van der Waals surface area contributed by atoms with Crippen LogP contribution >= 0.6 is 0 Å². The van der Waals surface area contributed by atoms with Crippen LogP contribution < -0.4 is 11.1 Å². The number of nitro benzene ring substituents is 1. The van der Waals surface area contributed by atoms with E-state index in [1.54, 1.807) is 6.07 Å². The van der Waals surface area contributed by atoms with Gasteiger partial charge in [-0.25, -0.2) is 0 Å². The van der Waals surface area contributed by atoms with Gasteiger partial charge in [0, 0.05) is 6.61 Å². The van der Waals surface area contributed by atoms with Gasteiger partial charge in [0.15, 0.2) is 0 Å². The molecule has 7 heteroatoms. The summed E-state index contributed by atoms with van der Waals surface area (Å²) in [4.78, 5) is 10.5. The first kappa shape index (κ1) is 15.2. The van der Waals surface area contributed by atoms with Crippen LogP contribution in [-0.4, -0.2) is 28.0 Å². The van der Waals surface area contributed by atoms with Crippen molar-refractivity contribution in [3.05, 3.63) is 27.8 Å². The number of nitrogens with zero attached hydrogens (tertiary/aromatic N) is 1. The Bertz CT molecular complexity index is 463. The van der Waals surface area contributed by atoms with Crippen LogP contribution in [0.1, 0.15) is 31.7 Å². The van der Waals surface area contributed by atoms with Gasteiger partial charge in [0.2, 0.25) is 0 Å². The Kier molecular flexibility index (Phi) is 5.08. The summed E-state index contributed by atoms with van der Waals surface area (Å²) in [6.07, 6.45) is -0.476. The van der Waals surface area contributed by atoms with Gasteiger partial charge in [0.25, 0.3) is 0 Å². The lowest BCUT2D eigenvalue weighted by atomic mass is 9.95. The zero-order chi connectivity index (χ0) is 14.6. The van der Waals surface area contributed by atoms with Crippen molar-refractivity contribution in [2.24, 2.45) is 0 Å². The van der Waals surface area contributed by atoms with E-state index in [1.807, 2.05) is 6.92 Å². The Hall–Kier alpha value is -1.86. The van der Waals surface area contributed by atoms with E-state index in [1.165, 1.54) is 13.0 Å². The summed E-state index contributed by atoms with van der Waals surface area (Å²) in [6.45, 7) is 3.29. The van der Waals surface area contributed by atoms with Crippen LogP contribution in [0.3, 0.4) is 0 Å². The SMILES string of the molecule is CC(O)Nc1c(C(C)CCO)ccc(N)c1[N+](=O)[O-]. The summed E-state index contributed by atoms with van der Waals surface area (Å²) in [6, 6.07) is 3.14. The molecule has 0 amide bonds. The van der Waals surface area contributed by atoms with Crippen molar-refractivity contribution in [2.45, 2.75) is 32.4 Å². The molecule has 0 spiro atoms. The van der Waals surface area contributed by atoms with Crippen LogP contribution in [0, 0.1) is 10.1 Å². The molecule has 2 unspecified atom stereocenters. The summed E-state index contributed by atoms with van der Waals surface area (Å²) in [7, 11) is 0. The van der Waals surface area contributed by atoms with E-state index in [-0.39, 0.29) is 29.6 Å². The second-order valence-corrected chi connectivity index (χ2v) is 4.46. The largest absolute Gasteiger partial charge is 0.396 e. The Morgan fingerprint density at radius 3 is 2.58 bits per heavy atom. The first-order valence-corrected chi connectivity index (χ1v) is 6.00. The molecule has 7 nitrogen and oxygen atoms in total. The second-order valence-electron chi connectivity index (χ2n) is 4.46. The summed E-state index contributed by atoms with van der Waals surface area (Å²) >= 11 is 0. The number of nitro groups is 1. The first-order valence-electron chi connectivity index (χ1n) is 6.00. The molecule has 0 fully saturated rings. The minimum atomic E-state index is -0.944. The van der Waals surface area contributed by atoms with Crippen LogP contribution in [0.15, 0.2) is 12.1 Å². The van der Waals surface area contributed by atoms with Crippen molar-refractivity contribution in [3.63, 3.8) is 0 Å². The van der Waals surface area contributed by atoms with Crippen molar-refractivity contribution >= 4 is 17.1 Å².